The van der Waals surface area contributed by atoms with Crippen LogP contribution in [-0.2, 0) is 16.1 Å². The van der Waals surface area contributed by atoms with Gasteiger partial charge in [-0.05, 0) is 44.0 Å². The monoisotopic (exact) mass is 389 g/mol. The summed E-state index contributed by atoms with van der Waals surface area (Å²) in [6.45, 7) is 6.34. The van der Waals surface area contributed by atoms with E-state index in [0.29, 0.717) is 19.3 Å². The molecule has 2 fully saturated rings. The fourth-order valence-corrected chi connectivity index (χ4v) is 3.28. The largest absolute Gasteiger partial charge is 0.378 e. The molecule has 2 aliphatic heterocycles. The molecule has 142 valence electrons. The van der Waals surface area contributed by atoms with Crippen LogP contribution in [0.3, 0.4) is 0 Å². The molecular formula is C18H29Cl2N3O2. The van der Waals surface area contributed by atoms with Gasteiger partial charge in [0.1, 0.15) is 6.04 Å². The first-order valence-electron chi connectivity index (χ1n) is 8.67. The number of nitrogens with one attached hydrogen (secondary N) is 2. The van der Waals surface area contributed by atoms with Crippen molar-refractivity contribution < 1.29 is 9.53 Å². The van der Waals surface area contributed by atoms with Crippen LogP contribution in [0.2, 0.25) is 0 Å². The number of carbonyl (C=O) groups excluding carboxylic acids is 1. The number of likely N-dealkylation sites (tertiary alicyclic amines) is 1. The Labute approximate surface area is 162 Å². The van der Waals surface area contributed by atoms with E-state index in [2.05, 4.69) is 34.6 Å². The van der Waals surface area contributed by atoms with Crippen molar-refractivity contribution >= 4 is 36.4 Å². The van der Waals surface area contributed by atoms with Crippen LogP contribution in [-0.4, -0.2) is 49.2 Å². The van der Waals surface area contributed by atoms with Gasteiger partial charge < -0.3 is 15.4 Å². The van der Waals surface area contributed by atoms with Gasteiger partial charge in [0.05, 0.1) is 13.2 Å². The second kappa shape index (κ2) is 11.0. The van der Waals surface area contributed by atoms with Crippen LogP contribution < -0.4 is 10.6 Å². The van der Waals surface area contributed by atoms with E-state index in [0.717, 1.165) is 18.8 Å². The SMILES string of the molecule is CC1CCCCN1Cc1ccc(NC(=O)C2COCCN2)cc1.Cl.Cl. The molecule has 0 bridgehead atoms. The lowest BCUT2D eigenvalue weighted by Crippen LogP contribution is -2.48. The molecular weight excluding hydrogens is 361 g/mol. The molecule has 7 heteroatoms. The van der Waals surface area contributed by atoms with E-state index in [4.69, 9.17) is 4.74 Å². The van der Waals surface area contributed by atoms with E-state index < -0.39 is 0 Å². The Morgan fingerprint density at radius 1 is 1.28 bits per heavy atom. The van der Waals surface area contributed by atoms with Crippen LogP contribution in [0.4, 0.5) is 5.69 Å². The highest BCUT2D eigenvalue weighted by Crippen LogP contribution is 2.20. The predicted octanol–water partition coefficient (Wildman–Crippen LogP) is 2.83. The Morgan fingerprint density at radius 3 is 2.68 bits per heavy atom. The summed E-state index contributed by atoms with van der Waals surface area (Å²) < 4.78 is 5.33. The van der Waals surface area contributed by atoms with Gasteiger partial charge in [0.15, 0.2) is 0 Å². The number of hydrogen-bond donors (Lipinski definition) is 2. The second-order valence-corrected chi connectivity index (χ2v) is 6.58. The van der Waals surface area contributed by atoms with Crippen molar-refractivity contribution in [2.24, 2.45) is 0 Å². The number of anilines is 1. The Morgan fingerprint density at radius 2 is 2.04 bits per heavy atom. The molecule has 0 radical (unpaired) electrons. The first-order chi connectivity index (χ1) is 11.2. The number of amides is 1. The first kappa shape index (κ1) is 22.2. The highest BCUT2D eigenvalue weighted by atomic mass is 35.5. The van der Waals surface area contributed by atoms with Gasteiger partial charge >= 0.3 is 0 Å². The zero-order valence-corrected chi connectivity index (χ0v) is 16.3. The molecule has 0 aliphatic carbocycles. The minimum absolute atomic E-state index is 0. The summed E-state index contributed by atoms with van der Waals surface area (Å²) in [5.74, 6) is -0.0258. The third-order valence-electron chi connectivity index (χ3n) is 4.79. The zero-order valence-electron chi connectivity index (χ0n) is 14.7. The van der Waals surface area contributed by atoms with E-state index in [1.54, 1.807) is 0 Å². The summed E-state index contributed by atoms with van der Waals surface area (Å²) in [6.07, 6.45) is 3.95. The fourth-order valence-electron chi connectivity index (χ4n) is 3.28. The summed E-state index contributed by atoms with van der Waals surface area (Å²) in [6, 6.07) is 8.62. The van der Waals surface area contributed by atoms with Crippen LogP contribution in [0.25, 0.3) is 0 Å². The van der Waals surface area contributed by atoms with Crippen molar-refractivity contribution in [1.82, 2.24) is 10.2 Å². The molecule has 1 aromatic carbocycles. The highest BCUT2D eigenvalue weighted by molar-refractivity contribution is 5.95. The lowest BCUT2D eigenvalue weighted by Gasteiger charge is -2.33. The highest BCUT2D eigenvalue weighted by Gasteiger charge is 2.21. The number of benzene rings is 1. The molecule has 1 aromatic rings. The summed E-state index contributed by atoms with van der Waals surface area (Å²) in [4.78, 5) is 14.7. The topological polar surface area (TPSA) is 53.6 Å². The maximum atomic E-state index is 12.2. The lowest BCUT2D eigenvalue weighted by atomic mass is 10.0. The normalized spacial score (nSPS) is 23.9. The average Bonchev–Trinajstić information content (AvgIpc) is 2.59. The number of rotatable bonds is 4. The van der Waals surface area contributed by atoms with Gasteiger partial charge in [-0.15, -0.1) is 24.8 Å². The number of halogens is 2. The lowest BCUT2D eigenvalue weighted by molar-refractivity contribution is -0.120. The van der Waals surface area contributed by atoms with Gasteiger partial charge in [0.2, 0.25) is 5.91 Å². The van der Waals surface area contributed by atoms with Gasteiger partial charge in [-0.3, -0.25) is 9.69 Å². The average molecular weight is 390 g/mol. The van der Waals surface area contributed by atoms with Gasteiger partial charge in [-0.2, -0.15) is 0 Å². The van der Waals surface area contributed by atoms with Crippen LogP contribution in [0.1, 0.15) is 31.7 Å². The number of ether oxygens (including phenoxy) is 1. The molecule has 1 amide bonds. The third kappa shape index (κ3) is 6.42. The van der Waals surface area contributed by atoms with E-state index in [9.17, 15) is 4.79 Å². The number of nitrogens with zero attached hydrogens (tertiary/aromatic N) is 1. The van der Waals surface area contributed by atoms with Gasteiger partial charge in [-0.25, -0.2) is 0 Å². The van der Waals surface area contributed by atoms with Crippen LogP contribution >= 0.6 is 24.8 Å². The fraction of sp³-hybridized carbons (Fsp3) is 0.611. The Bertz CT molecular complexity index is 522. The van der Waals surface area contributed by atoms with Crippen molar-refractivity contribution in [2.75, 3.05) is 31.6 Å². The van der Waals surface area contributed by atoms with Crippen molar-refractivity contribution in [3.8, 4) is 0 Å². The molecule has 2 N–H and O–H groups in total. The molecule has 0 aromatic heterocycles. The van der Waals surface area contributed by atoms with Crippen LogP contribution in [0.5, 0.6) is 0 Å². The molecule has 0 saturated carbocycles. The molecule has 2 atom stereocenters. The molecule has 2 heterocycles. The molecule has 5 nitrogen and oxygen atoms in total. The molecule has 3 rings (SSSR count). The van der Waals surface area contributed by atoms with E-state index >= 15 is 0 Å². The summed E-state index contributed by atoms with van der Waals surface area (Å²) in [5.41, 5.74) is 2.15. The summed E-state index contributed by atoms with van der Waals surface area (Å²) in [7, 11) is 0. The van der Waals surface area contributed by atoms with Gasteiger partial charge in [0.25, 0.3) is 0 Å². The number of piperidine rings is 1. The molecule has 25 heavy (non-hydrogen) atoms. The van der Waals surface area contributed by atoms with E-state index in [-0.39, 0.29) is 36.8 Å². The van der Waals surface area contributed by atoms with E-state index in [1.807, 2.05) is 12.1 Å². The van der Waals surface area contributed by atoms with Gasteiger partial charge in [0, 0.05) is 24.8 Å². The van der Waals surface area contributed by atoms with Crippen molar-refractivity contribution in [3.05, 3.63) is 29.8 Å². The Kier molecular flexibility index (Phi) is 9.75. The molecule has 0 spiro atoms. The minimum Gasteiger partial charge on any atom is -0.378 e. The third-order valence-corrected chi connectivity index (χ3v) is 4.79. The smallest absolute Gasteiger partial charge is 0.243 e. The number of hydrogen-bond acceptors (Lipinski definition) is 4. The second-order valence-electron chi connectivity index (χ2n) is 6.58. The number of morpholine rings is 1. The maximum Gasteiger partial charge on any atom is 0.243 e. The molecule has 2 saturated heterocycles. The van der Waals surface area contributed by atoms with Crippen molar-refractivity contribution in [1.29, 1.82) is 0 Å². The maximum absolute atomic E-state index is 12.2. The zero-order chi connectivity index (χ0) is 16.1. The van der Waals surface area contributed by atoms with Crippen LogP contribution in [0.15, 0.2) is 24.3 Å². The Balaban J connectivity index is 0.00000156. The first-order valence-corrected chi connectivity index (χ1v) is 8.67. The summed E-state index contributed by atoms with van der Waals surface area (Å²) in [5, 5.41) is 6.12. The quantitative estimate of drug-likeness (QED) is 0.830. The molecule has 2 unspecified atom stereocenters. The minimum atomic E-state index is -0.252. The summed E-state index contributed by atoms with van der Waals surface area (Å²) >= 11 is 0. The van der Waals surface area contributed by atoms with Gasteiger partial charge in [-0.1, -0.05) is 18.6 Å². The Hall–Kier alpha value is -0.850. The van der Waals surface area contributed by atoms with Crippen molar-refractivity contribution in [3.63, 3.8) is 0 Å². The van der Waals surface area contributed by atoms with Crippen molar-refractivity contribution in [2.45, 2.75) is 44.8 Å². The van der Waals surface area contributed by atoms with Crippen LogP contribution in [0, 0.1) is 0 Å². The molecule has 2 aliphatic rings. The standard InChI is InChI=1S/C18H27N3O2.2ClH/c1-14-4-2-3-10-21(14)12-15-5-7-16(8-6-15)20-18(22)17-13-23-11-9-19-17;;/h5-8,14,17,19H,2-4,9-13H2,1H3,(H,20,22);2*1H. The predicted molar refractivity (Wildman–Crippen MR) is 106 cm³/mol. The number of carbonyl (C=O) groups is 1. The van der Waals surface area contributed by atoms with E-state index in [1.165, 1.54) is 31.4 Å².